The fourth-order valence-corrected chi connectivity index (χ4v) is 2.57. The molecule has 0 aliphatic rings. The molecule has 0 saturated carbocycles. The van der Waals surface area contributed by atoms with Crippen molar-refractivity contribution in [2.45, 2.75) is 39.8 Å². The van der Waals surface area contributed by atoms with Crippen molar-refractivity contribution >= 4 is 24.0 Å². The van der Waals surface area contributed by atoms with Gasteiger partial charge in [0.05, 0.1) is 0 Å². The van der Waals surface area contributed by atoms with Gasteiger partial charge in [-0.1, -0.05) is 36.4 Å². The Balaban J connectivity index is 1.82. The van der Waals surface area contributed by atoms with E-state index < -0.39 is 0 Å². The van der Waals surface area contributed by atoms with Crippen molar-refractivity contribution in [3.8, 4) is 11.5 Å². The van der Waals surface area contributed by atoms with E-state index in [2.05, 4.69) is 10.6 Å². The minimum Gasteiger partial charge on any atom is -0.484 e. The zero-order chi connectivity index (χ0) is 21.9. The van der Waals surface area contributed by atoms with Crippen molar-refractivity contribution in [2.75, 3.05) is 13.2 Å². The fraction of sp³-hybridized carbons (Fsp3) is 0.333. The van der Waals surface area contributed by atoms with Gasteiger partial charge in [-0.3, -0.25) is 9.59 Å². The third kappa shape index (κ3) is 8.82. The Morgan fingerprint density at radius 1 is 0.700 bits per heavy atom. The normalized spacial score (nSPS) is 11.0. The summed E-state index contributed by atoms with van der Waals surface area (Å²) in [5.41, 5.74) is 2.03. The van der Waals surface area contributed by atoms with E-state index >= 15 is 0 Å². The number of hydrogen-bond acceptors (Lipinski definition) is 4. The first-order valence-corrected chi connectivity index (χ1v) is 10.0. The van der Waals surface area contributed by atoms with Crippen molar-refractivity contribution in [1.29, 1.82) is 0 Å². The molecule has 2 N–H and O–H groups in total. The molecule has 30 heavy (non-hydrogen) atoms. The van der Waals surface area contributed by atoms with Crippen LogP contribution in [-0.4, -0.2) is 37.1 Å². The lowest BCUT2D eigenvalue weighted by Gasteiger charge is -2.10. The van der Waals surface area contributed by atoms with Crippen LogP contribution >= 0.6 is 0 Å². The quantitative estimate of drug-likeness (QED) is 0.586. The van der Waals surface area contributed by atoms with Gasteiger partial charge >= 0.3 is 0 Å². The first-order valence-electron chi connectivity index (χ1n) is 10.0. The molecule has 0 fully saturated rings. The van der Waals surface area contributed by atoms with E-state index in [0.717, 1.165) is 11.1 Å². The third-order valence-corrected chi connectivity index (χ3v) is 3.87. The molecule has 6 heteroatoms. The van der Waals surface area contributed by atoms with Crippen LogP contribution in [0.5, 0.6) is 11.5 Å². The van der Waals surface area contributed by atoms with Crippen LogP contribution in [-0.2, 0) is 9.59 Å². The van der Waals surface area contributed by atoms with Gasteiger partial charge in [-0.05, 0) is 63.1 Å². The van der Waals surface area contributed by atoms with Crippen LogP contribution in [0.25, 0.3) is 12.2 Å². The van der Waals surface area contributed by atoms with Crippen LogP contribution in [0, 0.1) is 0 Å². The summed E-state index contributed by atoms with van der Waals surface area (Å²) in [5.74, 6) is 1.02. The molecule has 0 aromatic heterocycles. The van der Waals surface area contributed by atoms with Gasteiger partial charge in [-0.25, -0.2) is 0 Å². The molecule has 0 aliphatic heterocycles. The number of carbonyl (C=O) groups is 2. The molecule has 0 bridgehead atoms. The van der Waals surface area contributed by atoms with E-state index in [-0.39, 0.29) is 37.1 Å². The van der Waals surface area contributed by atoms with Crippen molar-refractivity contribution in [1.82, 2.24) is 10.6 Å². The zero-order valence-electron chi connectivity index (χ0n) is 18.0. The van der Waals surface area contributed by atoms with E-state index in [1.807, 2.05) is 88.4 Å². The molecule has 0 spiro atoms. The van der Waals surface area contributed by atoms with E-state index in [0.29, 0.717) is 11.5 Å². The van der Waals surface area contributed by atoms with Gasteiger partial charge in [0.1, 0.15) is 11.5 Å². The second kappa shape index (κ2) is 11.7. The second-order valence-electron chi connectivity index (χ2n) is 7.49. The maximum Gasteiger partial charge on any atom is 0.258 e. The average molecular weight is 411 g/mol. The van der Waals surface area contributed by atoms with Gasteiger partial charge in [-0.15, -0.1) is 0 Å². The van der Waals surface area contributed by atoms with Crippen LogP contribution < -0.4 is 20.1 Å². The highest BCUT2D eigenvalue weighted by Gasteiger charge is 2.05. The lowest BCUT2D eigenvalue weighted by atomic mass is 10.1. The summed E-state index contributed by atoms with van der Waals surface area (Å²) in [6.45, 7) is 7.64. The molecule has 160 valence electrons. The van der Waals surface area contributed by atoms with Gasteiger partial charge in [0.25, 0.3) is 11.8 Å². The molecule has 0 unspecified atom stereocenters. The lowest BCUT2D eigenvalue weighted by Crippen LogP contribution is -2.34. The maximum absolute atomic E-state index is 11.6. The number of carbonyl (C=O) groups excluding carboxylic acids is 2. The SMILES string of the molecule is CC(C)NC(=O)COc1ccc(/C=C/c2ccc(OCC(=O)NC(C)C)cc2)cc1. The number of ether oxygens (including phenoxy) is 2. The Morgan fingerprint density at radius 2 is 1.03 bits per heavy atom. The average Bonchev–Trinajstić information content (AvgIpc) is 2.70. The summed E-state index contributed by atoms with van der Waals surface area (Å²) >= 11 is 0. The van der Waals surface area contributed by atoms with Crippen molar-refractivity contribution in [2.24, 2.45) is 0 Å². The Labute approximate surface area is 178 Å². The first kappa shape index (κ1) is 23.0. The Kier molecular flexibility index (Phi) is 8.94. The summed E-state index contributed by atoms with van der Waals surface area (Å²) in [4.78, 5) is 23.2. The minimum absolute atomic E-state index is 0.000908. The largest absolute Gasteiger partial charge is 0.484 e. The van der Waals surface area contributed by atoms with Crippen LogP contribution in [0.3, 0.4) is 0 Å². The molecule has 0 atom stereocenters. The van der Waals surface area contributed by atoms with Crippen LogP contribution in [0.1, 0.15) is 38.8 Å². The van der Waals surface area contributed by atoms with Crippen LogP contribution in [0.4, 0.5) is 0 Å². The number of hydrogen-bond donors (Lipinski definition) is 2. The summed E-state index contributed by atoms with van der Waals surface area (Å²) in [7, 11) is 0. The smallest absolute Gasteiger partial charge is 0.258 e. The van der Waals surface area contributed by atoms with Crippen molar-refractivity contribution in [3.05, 3.63) is 59.7 Å². The summed E-state index contributed by atoms with van der Waals surface area (Å²) < 4.78 is 11.0. The molecule has 6 nitrogen and oxygen atoms in total. The summed E-state index contributed by atoms with van der Waals surface area (Å²) in [6.07, 6.45) is 3.97. The van der Waals surface area contributed by atoms with Gasteiger partial charge < -0.3 is 20.1 Å². The highest BCUT2D eigenvalue weighted by molar-refractivity contribution is 5.78. The summed E-state index contributed by atoms with van der Waals surface area (Å²) in [5, 5.41) is 5.57. The number of rotatable bonds is 10. The van der Waals surface area contributed by atoms with Gasteiger partial charge in [0.2, 0.25) is 0 Å². The monoisotopic (exact) mass is 410 g/mol. The molecule has 0 saturated heterocycles. The molecule has 2 rings (SSSR count). The molecular formula is C24H30N2O4. The first-order chi connectivity index (χ1) is 14.3. The van der Waals surface area contributed by atoms with Crippen molar-refractivity contribution in [3.63, 3.8) is 0 Å². The molecule has 2 aromatic carbocycles. The molecule has 2 aromatic rings. The maximum atomic E-state index is 11.6. The Bertz CT molecular complexity index is 769. The van der Waals surface area contributed by atoms with Crippen LogP contribution in [0.15, 0.2) is 48.5 Å². The molecular weight excluding hydrogens is 380 g/mol. The van der Waals surface area contributed by atoms with E-state index in [1.165, 1.54) is 0 Å². The predicted molar refractivity (Wildman–Crippen MR) is 119 cm³/mol. The summed E-state index contributed by atoms with van der Waals surface area (Å²) in [6, 6.07) is 15.2. The molecule has 0 aliphatic carbocycles. The van der Waals surface area contributed by atoms with Gasteiger partial charge in [0.15, 0.2) is 13.2 Å². The Morgan fingerprint density at radius 3 is 1.33 bits per heavy atom. The third-order valence-electron chi connectivity index (χ3n) is 3.87. The fourth-order valence-electron chi connectivity index (χ4n) is 2.57. The predicted octanol–water partition coefficient (Wildman–Crippen LogP) is 3.66. The van der Waals surface area contributed by atoms with E-state index in [9.17, 15) is 9.59 Å². The van der Waals surface area contributed by atoms with Gasteiger partial charge in [-0.2, -0.15) is 0 Å². The van der Waals surface area contributed by atoms with E-state index in [1.54, 1.807) is 0 Å². The second-order valence-corrected chi connectivity index (χ2v) is 7.49. The standard InChI is InChI=1S/C24H30N2O4/c1-17(2)25-23(27)15-29-21-11-7-19(8-12-21)5-6-20-9-13-22(14-10-20)30-16-24(28)26-18(3)4/h5-14,17-18H,15-16H2,1-4H3,(H,25,27)(H,26,28)/b6-5+. The highest BCUT2D eigenvalue weighted by Crippen LogP contribution is 2.17. The van der Waals surface area contributed by atoms with E-state index in [4.69, 9.17) is 9.47 Å². The molecule has 0 heterocycles. The van der Waals surface area contributed by atoms with Crippen LogP contribution in [0.2, 0.25) is 0 Å². The lowest BCUT2D eigenvalue weighted by molar-refractivity contribution is -0.124. The highest BCUT2D eigenvalue weighted by atomic mass is 16.5. The van der Waals surface area contributed by atoms with Gasteiger partial charge in [0, 0.05) is 12.1 Å². The zero-order valence-corrected chi connectivity index (χ0v) is 18.0. The molecule has 2 amide bonds. The molecule has 0 radical (unpaired) electrons. The number of benzene rings is 2. The Hall–Kier alpha value is -3.28. The minimum atomic E-state index is -0.137. The van der Waals surface area contributed by atoms with Crippen molar-refractivity contribution < 1.29 is 19.1 Å². The number of nitrogens with one attached hydrogen (secondary N) is 2. The topological polar surface area (TPSA) is 76.7 Å². The number of amides is 2.